The lowest BCUT2D eigenvalue weighted by molar-refractivity contribution is -0.162. The van der Waals surface area contributed by atoms with E-state index in [4.69, 9.17) is 4.84 Å². The van der Waals surface area contributed by atoms with Crippen molar-refractivity contribution in [2.24, 2.45) is 0 Å². The minimum atomic E-state index is -0.149. The quantitative estimate of drug-likeness (QED) is 0.310. The molecule has 2 N–H and O–H groups in total. The molecule has 142 valence electrons. The number of hydroxylamine groups is 2. The Bertz CT molecular complexity index is 797. The van der Waals surface area contributed by atoms with Crippen LogP contribution in [0.1, 0.15) is 39.0 Å². The van der Waals surface area contributed by atoms with Crippen molar-refractivity contribution in [3.63, 3.8) is 0 Å². The third-order valence-electron chi connectivity index (χ3n) is 5.09. The first-order valence-electron chi connectivity index (χ1n) is 9.71. The number of hydrogen-bond donors (Lipinski definition) is 2. The number of rotatable bonds is 8. The van der Waals surface area contributed by atoms with E-state index in [0.717, 1.165) is 29.7 Å². The molecule has 0 bridgehead atoms. The van der Waals surface area contributed by atoms with Crippen molar-refractivity contribution in [3.8, 4) is 0 Å². The largest absolute Gasteiger partial charge is 0.405 e. The first kappa shape index (κ1) is 19.3. The van der Waals surface area contributed by atoms with Gasteiger partial charge in [0.2, 0.25) is 0 Å². The van der Waals surface area contributed by atoms with Gasteiger partial charge in [-0.15, -0.1) is 0 Å². The Morgan fingerprint density at radius 2 is 1.78 bits per heavy atom. The number of amides is 1. The summed E-state index contributed by atoms with van der Waals surface area (Å²) in [7, 11) is 3.13. The number of nitrogens with zero attached hydrogens (tertiary/aromatic N) is 1. The number of nitrogens with one attached hydrogen (secondary N) is 2. The van der Waals surface area contributed by atoms with Crippen molar-refractivity contribution in [1.82, 2.24) is 5.06 Å². The molecule has 3 rings (SSSR count). The summed E-state index contributed by atoms with van der Waals surface area (Å²) in [6.07, 6.45) is 7.21. The maximum atomic E-state index is 12.4. The van der Waals surface area contributed by atoms with Crippen molar-refractivity contribution in [3.05, 3.63) is 47.9 Å². The summed E-state index contributed by atoms with van der Waals surface area (Å²) in [4.78, 5) is 17.5. The van der Waals surface area contributed by atoms with Crippen LogP contribution in [0.15, 0.2) is 47.9 Å². The van der Waals surface area contributed by atoms with Gasteiger partial charge in [-0.05, 0) is 35.5 Å². The minimum Gasteiger partial charge on any atom is -0.405 e. The zero-order valence-corrected chi connectivity index (χ0v) is 16.4. The van der Waals surface area contributed by atoms with Crippen LogP contribution < -0.4 is 10.5 Å². The second-order valence-corrected chi connectivity index (χ2v) is 6.98. The Morgan fingerprint density at radius 1 is 1.11 bits per heavy atom. The third-order valence-corrected chi connectivity index (χ3v) is 5.09. The Hall–Kier alpha value is -2.47. The van der Waals surface area contributed by atoms with Gasteiger partial charge in [0.05, 0.1) is 7.11 Å². The van der Waals surface area contributed by atoms with Crippen molar-refractivity contribution in [1.29, 1.82) is 0 Å². The van der Waals surface area contributed by atoms with E-state index >= 15 is 0 Å². The standard InChI is InChI=1S/C21H28BN3O2/c1-4-5-6-7-12-17(15-20(26)25(2)27-3)22-23-18-13-8-10-16-11-9-14-19(24-22)21(16)18/h8-11,13-15,23-24H,4-7,12H2,1-3H3/b17-15+. The summed E-state index contributed by atoms with van der Waals surface area (Å²) in [5.41, 5.74) is 3.24. The van der Waals surface area contributed by atoms with Gasteiger partial charge >= 0.3 is 6.98 Å². The number of likely N-dealkylation sites (N-methyl/N-ethyl adjacent to an activating group) is 1. The summed E-state index contributed by atoms with van der Waals surface area (Å²) >= 11 is 0. The summed E-state index contributed by atoms with van der Waals surface area (Å²) in [5, 5.41) is 10.8. The molecule has 0 fully saturated rings. The van der Waals surface area contributed by atoms with Crippen LogP contribution in [0.5, 0.6) is 0 Å². The Labute approximate surface area is 161 Å². The average molecular weight is 365 g/mol. The highest BCUT2D eigenvalue weighted by molar-refractivity contribution is 6.74. The van der Waals surface area contributed by atoms with Gasteiger partial charge in [-0.25, -0.2) is 5.06 Å². The lowest BCUT2D eigenvalue weighted by Crippen LogP contribution is -2.40. The number of benzene rings is 2. The molecule has 1 amide bonds. The zero-order valence-electron chi connectivity index (χ0n) is 16.4. The van der Waals surface area contributed by atoms with Gasteiger partial charge in [-0.1, -0.05) is 56.9 Å². The molecule has 0 saturated carbocycles. The van der Waals surface area contributed by atoms with E-state index in [-0.39, 0.29) is 12.9 Å². The molecule has 1 aliphatic rings. The van der Waals surface area contributed by atoms with E-state index in [9.17, 15) is 4.79 Å². The lowest BCUT2D eigenvalue weighted by atomic mass is 9.63. The third kappa shape index (κ3) is 4.45. The number of carbonyl (C=O) groups is 1. The first-order chi connectivity index (χ1) is 13.1. The fraction of sp³-hybridized carbons (Fsp3) is 0.381. The monoisotopic (exact) mass is 365 g/mol. The topological polar surface area (TPSA) is 53.6 Å². The van der Waals surface area contributed by atoms with Crippen LogP contribution in [0.2, 0.25) is 0 Å². The zero-order chi connectivity index (χ0) is 19.2. The first-order valence-corrected chi connectivity index (χ1v) is 9.71. The number of anilines is 2. The molecule has 27 heavy (non-hydrogen) atoms. The van der Waals surface area contributed by atoms with E-state index in [1.54, 1.807) is 13.1 Å². The Kier molecular flexibility index (Phi) is 6.40. The molecule has 5 nitrogen and oxygen atoms in total. The van der Waals surface area contributed by atoms with Crippen LogP contribution in [0.25, 0.3) is 10.8 Å². The van der Waals surface area contributed by atoms with E-state index in [1.165, 1.54) is 42.2 Å². The van der Waals surface area contributed by atoms with Crippen LogP contribution in [0.3, 0.4) is 0 Å². The molecule has 0 radical (unpaired) electrons. The molecule has 0 atom stereocenters. The fourth-order valence-electron chi connectivity index (χ4n) is 3.51. The lowest BCUT2D eigenvalue weighted by Gasteiger charge is -2.28. The molecule has 1 aliphatic heterocycles. The van der Waals surface area contributed by atoms with Gasteiger partial charge in [-0.2, -0.15) is 0 Å². The molecule has 1 heterocycles. The summed E-state index contributed by atoms with van der Waals surface area (Å²) in [6, 6.07) is 12.5. The van der Waals surface area contributed by atoms with Gasteiger partial charge in [0.15, 0.2) is 0 Å². The van der Waals surface area contributed by atoms with Crippen LogP contribution in [-0.2, 0) is 9.63 Å². The molecular formula is C21H28BN3O2. The molecule has 0 unspecified atom stereocenters. The SMILES string of the molecule is CCCCCC/C(=C\C(=O)N(C)OC)B1Nc2cccc3cccc(c23)N1. The van der Waals surface area contributed by atoms with E-state index in [2.05, 4.69) is 53.8 Å². The van der Waals surface area contributed by atoms with Crippen molar-refractivity contribution in [2.75, 3.05) is 24.6 Å². The molecule has 6 heteroatoms. The van der Waals surface area contributed by atoms with Gasteiger partial charge in [0, 0.05) is 23.8 Å². The summed E-state index contributed by atoms with van der Waals surface area (Å²) in [6.45, 7) is 2.09. The molecule has 2 aromatic carbocycles. The number of carbonyl (C=O) groups excluding carboxylic acids is 1. The molecule has 2 aromatic rings. The molecule has 0 spiro atoms. The highest BCUT2D eigenvalue weighted by Crippen LogP contribution is 2.35. The average Bonchev–Trinajstić information content (AvgIpc) is 2.69. The minimum absolute atomic E-state index is 0.110. The fourth-order valence-corrected chi connectivity index (χ4v) is 3.51. The van der Waals surface area contributed by atoms with Crippen molar-refractivity contribution in [2.45, 2.75) is 39.0 Å². The maximum Gasteiger partial charge on any atom is 0.402 e. The smallest absolute Gasteiger partial charge is 0.402 e. The number of hydrogen-bond acceptors (Lipinski definition) is 4. The summed E-state index contributed by atoms with van der Waals surface area (Å²) < 4.78 is 0. The van der Waals surface area contributed by atoms with Crippen LogP contribution in [-0.4, -0.2) is 32.1 Å². The Morgan fingerprint density at radius 3 is 2.37 bits per heavy atom. The highest BCUT2D eigenvalue weighted by atomic mass is 16.7. The van der Waals surface area contributed by atoms with E-state index in [1.807, 2.05) is 0 Å². The predicted octanol–water partition coefficient (Wildman–Crippen LogP) is 4.62. The predicted molar refractivity (Wildman–Crippen MR) is 114 cm³/mol. The van der Waals surface area contributed by atoms with Gasteiger partial charge < -0.3 is 10.5 Å². The second kappa shape index (κ2) is 8.95. The second-order valence-electron chi connectivity index (χ2n) is 6.98. The number of allylic oxidation sites excluding steroid dienone is 1. The van der Waals surface area contributed by atoms with Gasteiger partial charge in [0.1, 0.15) is 0 Å². The molecule has 0 aliphatic carbocycles. The normalized spacial score (nSPS) is 13.3. The number of unbranched alkanes of at least 4 members (excludes halogenated alkanes) is 3. The highest BCUT2D eigenvalue weighted by Gasteiger charge is 2.28. The molecular weight excluding hydrogens is 337 g/mol. The summed E-state index contributed by atoms with van der Waals surface area (Å²) in [5.74, 6) is -0.149. The van der Waals surface area contributed by atoms with E-state index in [0.29, 0.717) is 0 Å². The molecule has 0 aromatic heterocycles. The van der Waals surface area contributed by atoms with E-state index < -0.39 is 0 Å². The maximum absolute atomic E-state index is 12.4. The van der Waals surface area contributed by atoms with Crippen LogP contribution in [0, 0.1) is 0 Å². The molecule has 0 saturated heterocycles. The Balaban J connectivity index is 1.86. The van der Waals surface area contributed by atoms with Crippen LogP contribution in [0.4, 0.5) is 11.4 Å². The van der Waals surface area contributed by atoms with Crippen molar-refractivity contribution >= 4 is 35.0 Å². The van der Waals surface area contributed by atoms with Gasteiger partial charge in [0.25, 0.3) is 5.91 Å². The van der Waals surface area contributed by atoms with Gasteiger partial charge in [-0.3, -0.25) is 9.63 Å². The van der Waals surface area contributed by atoms with Crippen molar-refractivity contribution < 1.29 is 9.63 Å². The van der Waals surface area contributed by atoms with Crippen LogP contribution >= 0.6 is 0 Å².